The molecule has 0 fully saturated rings. The molecule has 1 atom stereocenters. The Balaban J connectivity index is 2.13. The van der Waals surface area contributed by atoms with E-state index in [2.05, 4.69) is 62.9 Å². The second-order valence-corrected chi connectivity index (χ2v) is 6.73. The maximum absolute atomic E-state index is 4.02. The predicted molar refractivity (Wildman–Crippen MR) is 105 cm³/mol. The molecule has 0 saturated carbocycles. The van der Waals surface area contributed by atoms with Crippen LogP contribution in [0, 0.1) is 12.8 Å². The number of rotatable bonds is 13. The zero-order chi connectivity index (χ0) is 16.8. The van der Waals surface area contributed by atoms with Crippen LogP contribution in [0.5, 0.6) is 0 Å². The third kappa shape index (κ3) is 9.43. The van der Waals surface area contributed by atoms with Gasteiger partial charge in [-0.3, -0.25) is 0 Å². The van der Waals surface area contributed by atoms with Crippen LogP contribution in [-0.2, 0) is 6.42 Å². The summed E-state index contributed by atoms with van der Waals surface area (Å²) < 4.78 is 0. The van der Waals surface area contributed by atoms with Gasteiger partial charge >= 0.3 is 0 Å². The van der Waals surface area contributed by atoms with Crippen molar-refractivity contribution in [1.29, 1.82) is 0 Å². The molecule has 0 aliphatic carbocycles. The van der Waals surface area contributed by atoms with Gasteiger partial charge in [0.1, 0.15) is 0 Å². The topological polar surface area (TPSA) is 0 Å². The Kier molecular flexibility index (Phi) is 11.3. The van der Waals surface area contributed by atoms with Gasteiger partial charge in [-0.25, -0.2) is 0 Å². The van der Waals surface area contributed by atoms with E-state index < -0.39 is 0 Å². The smallest absolute Gasteiger partial charge is 0.00948 e. The fourth-order valence-corrected chi connectivity index (χ4v) is 3.04. The number of allylic oxidation sites excluding steroid dienone is 3. The van der Waals surface area contributed by atoms with E-state index in [-0.39, 0.29) is 0 Å². The summed E-state index contributed by atoms with van der Waals surface area (Å²) in [5, 5.41) is 0. The summed E-state index contributed by atoms with van der Waals surface area (Å²) in [5.74, 6) is 0.698. The molecule has 23 heavy (non-hydrogen) atoms. The van der Waals surface area contributed by atoms with Gasteiger partial charge in [-0.15, -0.1) is 6.58 Å². The monoisotopic (exact) mass is 312 g/mol. The van der Waals surface area contributed by atoms with Crippen molar-refractivity contribution in [1.82, 2.24) is 0 Å². The molecule has 0 heteroatoms. The summed E-state index contributed by atoms with van der Waals surface area (Å²) >= 11 is 0. The van der Waals surface area contributed by atoms with E-state index in [0.717, 1.165) is 6.42 Å². The number of aryl methyl sites for hydroxylation is 1. The molecule has 0 saturated heterocycles. The van der Waals surface area contributed by atoms with Gasteiger partial charge in [0.05, 0.1) is 0 Å². The summed E-state index contributed by atoms with van der Waals surface area (Å²) in [7, 11) is 0. The highest BCUT2D eigenvalue weighted by molar-refractivity contribution is 5.27. The first-order valence-corrected chi connectivity index (χ1v) is 9.60. The molecule has 0 aliphatic heterocycles. The van der Waals surface area contributed by atoms with Gasteiger partial charge in [0.25, 0.3) is 0 Å². The van der Waals surface area contributed by atoms with Crippen LogP contribution in [0.1, 0.15) is 75.8 Å². The van der Waals surface area contributed by atoms with Crippen LogP contribution >= 0.6 is 0 Å². The first-order chi connectivity index (χ1) is 11.3. The van der Waals surface area contributed by atoms with Crippen molar-refractivity contribution in [3.8, 4) is 0 Å². The Morgan fingerprint density at radius 1 is 0.957 bits per heavy atom. The summed E-state index contributed by atoms with van der Waals surface area (Å²) in [6.45, 7) is 8.49. The van der Waals surface area contributed by atoms with Gasteiger partial charge in [-0.05, 0) is 49.7 Å². The van der Waals surface area contributed by atoms with E-state index in [0.29, 0.717) is 5.92 Å². The first-order valence-electron chi connectivity index (χ1n) is 9.60. The van der Waals surface area contributed by atoms with E-state index in [4.69, 9.17) is 0 Å². The first kappa shape index (κ1) is 19.7. The van der Waals surface area contributed by atoms with Crippen LogP contribution < -0.4 is 0 Å². The van der Waals surface area contributed by atoms with Gasteiger partial charge in [-0.1, -0.05) is 87.9 Å². The average molecular weight is 313 g/mol. The third-order valence-corrected chi connectivity index (χ3v) is 4.73. The molecule has 1 rings (SSSR count). The Hall–Kier alpha value is -1.30. The molecule has 0 spiro atoms. The van der Waals surface area contributed by atoms with Crippen LogP contribution in [0.15, 0.2) is 49.1 Å². The van der Waals surface area contributed by atoms with Gasteiger partial charge in [0.15, 0.2) is 0 Å². The Bertz CT molecular complexity index is 441. The van der Waals surface area contributed by atoms with Crippen LogP contribution in [0.4, 0.5) is 0 Å². The summed E-state index contributed by atoms with van der Waals surface area (Å²) in [5.41, 5.74) is 2.83. The molecule has 128 valence electrons. The van der Waals surface area contributed by atoms with E-state index in [1.807, 2.05) is 0 Å². The minimum atomic E-state index is 0.698. The Morgan fingerprint density at radius 3 is 2.43 bits per heavy atom. The highest BCUT2D eigenvalue weighted by atomic mass is 14.1. The van der Waals surface area contributed by atoms with Gasteiger partial charge in [0, 0.05) is 0 Å². The fraction of sp³-hybridized carbons (Fsp3) is 0.565. The number of hydrogen-bond donors (Lipinski definition) is 0. The van der Waals surface area contributed by atoms with E-state index in [1.54, 1.807) is 0 Å². The lowest BCUT2D eigenvalue weighted by Crippen LogP contribution is -1.96. The minimum absolute atomic E-state index is 0.698. The van der Waals surface area contributed by atoms with Crippen molar-refractivity contribution in [2.75, 3.05) is 0 Å². The van der Waals surface area contributed by atoms with Crippen molar-refractivity contribution < 1.29 is 0 Å². The van der Waals surface area contributed by atoms with Crippen LogP contribution in [0.25, 0.3) is 0 Å². The van der Waals surface area contributed by atoms with Crippen molar-refractivity contribution in [3.05, 3.63) is 60.2 Å². The molecule has 0 aromatic heterocycles. The maximum atomic E-state index is 4.02. The average Bonchev–Trinajstić information content (AvgIpc) is 2.57. The normalized spacial score (nSPS) is 12.6. The third-order valence-electron chi connectivity index (χ3n) is 4.73. The molecule has 1 aromatic rings. The van der Waals surface area contributed by atoms with E-state index in [1.165, 1.54) is 68.9 Å². The largest absolute Gasteiger partial charge is 0.103 e. The molecule has 0 radical (unpaired) electrons. The maximum Gasteiger partial charge on any atom is -0.00948 e. The van der Waals surface area contributed by atoms with Crippen molar-refractivity contribution in [2.45, 2.75) is 78.1 Å². The van der Waals surface area contributed by atoms with Crippen molar-refractivity contribution >= 4 is 0 Å². The van der Waals surface area contributed by atoms with Crippen LogP contribution in [0.2, 0.25) is 0 Å². The van der Waals surface area contributed by atoms with Crippen LogP contribution in [-0.4, -0.2) is 0 Å². The molecule has 1 aromatic carbocycles. The second-order valence-electron chi connectivity index (χ2n) is 6.73. The molecule has 0 heterocycles. The van der Waals surface area contributed by atoms with E-state index >= 15 is 0 Å². The standard InChI is InChI=1S/C23H36/c1-4-6-7-8-9-11-17-22(5-2)18-12-10-13-19-23-20-15-14-16-21(23)3/h5,10,13-16,20,22H,2,4,6-9,11-12,17-19H2,1,3H3/b13-10+. The quantitative estimate of drug-likeness (QED) is 0.262. The molecule has 0 nitrogen and oxygen atoms in total. The fourth-order valence-electron chi connectivity index (χ4n) is 3.04. The predicted octanol–water partition coefficient (Wildman–Crippen LogP) is 7.43. The van der Waals surface area contributed by atoms with Crippen molar-refractivity contribution in [2.24, 2.45) is 5.92 Å². The lowest BCUT2D eigenvalue weighted by molar-refractivity contribution is 0.497. The van der Waals surface area contributed by atoms with E-state index in [9.17, 15) is 0 Å². The van der Waals surface area contributed by atoms with Gasteiger partial charge < -0.3 is 0 Å². The number of hydrogen-bond acceptors (Lipinski definition) is 0. The highest BCUT2D eigenvalue weighted by Gasteiger charge is 2.02. The summed E-state index contributed by atoms with van der Waals surface area (Å²) in [4.78, 5) is 0. The van der Waals surface area contributed by atoms with Crippen LogP contribution in [0.3, 0.4) is 0 Å². The Morgan fingerprint density at radius 2 is 1.70 bits per heavy atom. The highest BCUT2D eigenvalue weighted by Crippen LogP contribution is 2.18. The minimum Gasteiger partial charge on any atom is -0.103 e. The lowest BCUT2D eigenvalue weighted by atomic mass is 9.95. The van der Waals surface area contributed by atoms with Crippen molar-refractivity contribution in [3.63, 3.8) is 0 Å². The Labute approximate surface area is 144 Å². The zero-order valence-corrected chi connectivity index (χ0v) is 15.4. The second kappa shape index (κ2) is 13.2. The number of unbranched alkanes of at least 4 members (excludes halogenated alkanes) is 5. The molecule has 0 bridgehead atoms. The van der Waals surface area contributed by atoms with Gasteiger partial charge in [0.2, 0.25) is 0 Å². The summed E-state index contributed by atoms with van der Waals surface area (Å²) in [6, 6.07) is 8.66. The molecule has 0 amide bonds. The molecular weight excluding hydrogens is 276 g/mol. The summed E-state index contributed by atoms with van der Waals surface area (Å²) in [6.07, 6.45) is 20.0. The van der Waals surface area contributed by atoms with Gasteiger partial charge in [-0.2, -0.15) is 0 Å². The molecule has 1 unspecified atom stereocenters. The number of benzene rings is 1. The molecule has 0 N–H and O–H groups in total. The zero-order valence-electron chi connectivity index (χ0n) is 15.4. The molecular formula is C23H36. The molecule has 0 aliphatic rings. The lowest BCUT2D eigenvalue weighted by Gasteiger charge is -2.10. The SMILES string of the molecule is C=CC(CC/C=C/Cc1ccccc1C)CCCCCCCC.